The van der Waals surface area contributed by atoms with E-state index in [-0.39, 0.29) is 6.04 Å². The van der Waals surface area contributed by atoms with Crippen molar-refractivity contribution in [3.63, 3.8) is 0 Å². The van der Waals surface area contributed by atoms with Crippen LogP contribution in [0.15, 0.2) is 29.2 Å². The average Bonchev–Trinajstić information content (AvgIpc) is 3.00. The molecule has 1 saturated carbocycles. The van der Waals surface area contributed by atoms with Crippen molar-refractivity contribution in [1.29, 1.82) is 0 Å². The van der Waals surface area contributed by atoms with Crippen LogP contribution in [0.2, 0.25) is 0 Å². The molecule has 0 saturated heterocycles. The lowest BCUT2D eigenvalue weighted by molar-refractivity contribution is 0.594. The molecule has 2 rings (SSSR count). The van der Waals surface area contributed by atoms with E-state index < -0.39 is 9.84 Å². The Balaban J connectivity index is 2.11. The van der Waals surface area contributed by atoms with Gasteiger partial charge in [0.15, 0.2) is 9.84 Å². The summed E-state index contributed by atoms with van der Waals surface area (Å²) in [5, 5.41) is 0. The van der Waals surface area contributed by atoms with Gasteiger partial charge in [0, 0.05) is 12.3 Å². The Bertz CT molecular complexity index is 460. The fourth-order valence-corrected chi connectivity index (χ4v) is 2.44. The van der Waals surface area contributed by atoms with Gasteiger partial charge in [-0.05, 0) is 30.0 Å². The first-order valence-corrected chi connectivity index (χ1v) is 7.41. The predicted octanol–water partition coefficient (Wildman–Crippen LogP) is 1.89. The van der Waals surface area contributed by atoms with Crippen LogP contribution in [0.5, 0.6) is 0 Å². The summed E-state index contributed by atoms with van der Waals surface area (Å²) >= 11 is 0. The van der Waals surface area contributed by atoms with Crippen molar-refractivity contribution in [1.82, 2.24) is 0 Å². The van der Waals surface area contributed by atoms with Gasteiger partial charge >= 0.3 is 0 Å². The van der Waals surface area contributed by atoms with E-state index in [1.165, 1.54) is 19.1 Å². The van der Waals surface area contributed by atoms with Gasteiger partial charge in [-0.2, -0.15) is 0 Å². The Morgan fingerprint density at radius 2 is 1.88 bits per heavy atom. The zero-order chi connectivity index (χ0) is 11.8. The van der Waals surface area contributed by atoms with Gasteiger partial charge in [-0.1, -0.05) is 25.0 Å². The molecule has 88 valence electrons. The first kappa shape index (κ1) is 11.6. The molecule has 0 amide bonds. The SMILES string of the molecule is CS(=O)(=O)c1ccc([C@H](N)CC2CC2)cc1. The number of rotatable bonds is 4. The molecule has 0 unspecified atom stereocenters. The third kappa shape index (κ3) is 2.83. The average molecular weight is 239 g/mol. The summed E-state index contributed by atoms with van der Waals surface area (Å²) in [5.74, 6) is 0.782. The van der Waals surface area contributed by atoms with Crippen molar-refractivity contribution in [2.75, 3.05) is 6.26 Å². The summed E-state index contributed by atoms with van der Waals surface area (Å²) in [7, 11) is -3.10. The predicted molar refractivity (Wildman–Crippen MR) is 63.8 cm³/mol. The molecule has 4 heteroatoms. The lowest BCUT2D eigenvalue weighted by Gasteiger charge is -2.11. The number of hydrogen-bond acceptors (Lipinski definition) is 3. The molecule has 0 radical (unpaired) electrons. The fraction of sp³-hybridized carbons (Fsp3) is 0.500. The van der Waals surface area contributed by atoms with Gasteiger partial charge in [0.2, 0.25) is 0 Å². The third-order valence-corrected chi connectivity index (χ3v) is 4.15. The molecule has 3 nitrogen and oxygen atoms in total. The lowest BCUT2D eigenvalue weighted by atomic mass is 10.0. The Labute approximate surface area is 96.6 Å². The van der Waals surface area contributed by atoms with Crippen molar-refractivity contribution in [3.05, 3.63) is 29.8 Å². The molecule has 16 heavy (non-hydrogen) atoms. The van der Waals surface area contributed by atoms with Gasteiger partial charge in [-0.25, -0.2) is 8.42 Å². The van der Waals surface area contributed by atoms with Crippen LogP contribution in [-0.2, 0) is 9.84 Å². The molecule has 0 aliphatic heterocycles. The summed E-state index contributed by atoms with van der Waals surface area (Å²) in [5.41, 5.74) is 7.07. The fourth-order valence-electron chi connectivity index (χ4n) is 1.81. The smallest absolute Gasteiger partial charge is 0.175 e. The number of benzene rings is 1. The van der Waals surface area contributed by atoms with E-state index in [9.17, 15) is 8.42 Å². The Hall–Kier alpha value is -0.870. The van der Waals surface area contributed by atoms with E-state index in [1.807, 2.05) is 12.1 Å². The maximum Gasteiger partial charge on any atom is 0.175 e. The molecule has 1 atom stereocenters. The Morgan fingerprint density at radius 3 is 2.31 bits per heavy atom. The number of nitrogens with two attached hydrogens (primary N) is 1. The Kier molecular flexibility index (Phi) is 3.04. The van der Waals surface area contributed by atoms with Crippen LogP contribution in [0.25, 0.3) is 0 Å². The number of sulfone groups is 1. The molecule has 1 aromatic carbocycles. The largest absolute Gasteiger partial charge is 0.324 e. The van der Waals surface area contributed by atoms with E-state index in [4.69, 9.17) is 5.73 Å². The van der Waals surface area contributed by atoms with Gasteiger partial charge in [-0.15, -0.1) is 0 Å². The highest BCUT2D eigenvalue weighted by Gasteiger charge is 2.24. The lowest BCUT2D eigenvalue weighted by Crippen LogP contribution is -2.11. The number of hydrogen-bond donors (Lipinski definition) is 1. The summed E-state index contributed by atoms with van der Waals surface area (Å²) in [6, 6.07) is 6.96. The van der Waals surface area contributed by atoms with Gasteiger partial charge < -0.3 is 5.73 Å². The van der Waals surface area contributed by atoms with E-state index >= 15 is 0 Å². The molecule has 0 aromatic heterocycles. The molecule has 0 heterocycles. The third-order valence-electron chi connectivity index (χ3n) is 3.02. The van der Waals surface area contributed by atoms with Crippen LogP contribution in [0, 0.1) is 5.92 Å². The monoisotopic (exact) mass is 239 g/mol. The van der Waals surface area contributed by atoms with Crippen molar-refractivity contribution in [3.8, 4) is 0 Å². The summed E-state index contributed by atoms with van der Waals surface area (Å²) in [6.07, 6.45) is 4.80. The highest BCUT2D eigenvalue weighted by molar-refractivity contribution is 7.90. The van der Waals surface area contributed by atoms with E-state index in [2.05, 4.69) is 0 Å². The maximum absolute atomic E-state index is 11.3. The van der Waals surface area contributed by atoms with Crippen molar-refractivity contribution in [2.45, 2.75) is 30.2 Å². The molecule has 1 aliphatic rings. The molecular weight excluding hydrogens is 222 g/mol. The topological polar surface area (TPSA) is 60.2 Å². The molecule has 1 aromatic rings. The summed E-state index contributed by atoms with van der Waals surface area (Å²) in [4.78, 5) is 0.356. The summed E-state index contributed by atoms with van der Waals surface area (Å²) < 4.78 is 22.5. The standard InChI is InChI=1S/C12H17NO2S/c1-16(14,15)11-6-4-10(5-7-11)12(13)8-9-2-3-9/h4-7,9,12H,2-3,8,13H2,1H3/t12-/m1/s1. The van der Waals surface area contributed by atoms with Crippen LogP contribution < -0.4 is 5.73 Å². The minimum Gasteiger partial charge on any atom is -0.324 e. The highest BCUT2D eigenvalue weighted by Crippen LogP contribution is 2.36. The van der Waals surface area contributed by atoms with E-state index in [1.54, 1.807) is 12.1 Å². The van der Waals surface area contributed by atoms with Gasteiger partial charge in [-0.3, -0.25) is 0 Å². The van der Waals surface area contributed by atoms with Crippen LogP contribution in [-0.4, -0.2) is 14.7 Å². The molecule has 0 spiro atoms. The second-order valence-corrected chi connectivity index (χ2v) is 6.64. The quantitative estimate of drug-likeness (QED) is 0.872. The van der Waals surface area contributed by atoms with Crippen LogP contribution in [0.1, 0.15) is 30.9 Å². The van der Waals surface area contributed by atoms with Crippen molar-refractivity contribution < 1.29 is 8.42 Å². The summed E-state index contributed by atoms with van der Waals surface area (Å²) in [6.45, 7) is 0. The van der Waals surface area contributed by atoms with E-state index in [0.29, 0.717) is 4.90 Å². The zero-order valence-corrected chi connectivity index (χ0v) is 10.2. The molecule has 1 aliphatic carbocycles. The second-order valence-electron chi connectivity index (χ2n) is 4.63. The van der Waals surface area contributed by atoms with Gasteiger partial charge in [0.05, 0.1) is 4.90 Å². The van der Waals surface area contributed by atoms with Crippen LogP contribution in [0.3, 0.4) is 0 Å². The normalized spacial score (nSPS) is 18.4. The van der Waals surface area contributed by atoms with E-state index in [0.717, 1.165) is 17.9 Å². The molecule has 0 bridgehead atoms. The van der Waals surface area contributed by atoms with Crippen LogP contribution >= 0.6 is 0 Å². The maximum atomic E-state index is 11.3. The minimum atomic E-state index is -3.10. The van der Waals surface area contributed by atoms with Gasteiger partial charge in [0.1, 0.15) is 0 Å². The Morgan fingerprint density at radius 1 is 1.31 bits per heavy atom. The highest BCUT2D eigenvalue weighted by atomic mass is 32.2. The first-order valence-electron chi connectivity index (χ1n) is 5.52. The minimum absolute atomic E-state index is 0.0427. The van der Waals surface area contributed by atoms with Gasteiger partial charge in [0.25, 0.3) is 0 Å². The van der Waals surface area contributed by atoms with Crippen molar-refractivity contribution in [2.24, 2.45) is 11.7 Å². The van der Waals surface area contributed by atoms with Crippen LogP contribution in [0.4, 0.5) is 0 Å². The molecule has 2 N–H and O–H groups in total. The molecular formula is C12H17NO2S. The zero-order valence-electron chi connectivity index (χ0n) is 9.39. The first-order chi connectivity index (χ1) is 7.47. The molecule has 1 fully saturated rings. The van der Waals surface area contributed by atoms with Crippen molar-refractivity contribution >= 4 is 9.84 Å². The second kappa shape index (κ2) is 4.18.